The molecule has 2 aromatic heterocycles. The Labute approximate surface area is 170 Å². The van der Waals surface area contributed by atoms with E-state index in [2.05, 4.69) is 25.0 Å². The molecule has 0 N–H and O–H groups in total. The minimum Gasteiger partial charge on any atom is -0.476 e. The van der Waals surface area contributed by atoms with E-state index < -0.39 is 0 Å². The molecule has 4 heterocycles. The molecule has 29 heavy (non-hydrogen) atoms. The highest BCUT2D eigenvalue weighted by atomic mass is 16.5. The Morgan fingerprint density at radius 2 is 1.83 bits per heavy atom. The van der Waals surface area contributed by atoms with Crippen LogP contribution in [-0.4, -0.2) is 75.6 Å². The van der Waals surface area contributed by atoms with Gasteiger partial charge in [0.1, 0.15) is 6.61 Å². The van der Waals surface area contributed by atoms with Gasteiger partial charge >= 0.3 is 0 Å². The molecule has 2 saturated heterocycles. The second kappa shape index (κ2) is 10.3. The third kappa shape index (κ3) is 5.99. The maximum atomic E-state index is 5.96. The van der Waals surface area contributed by atoms with Crippen molar-refractivity contribution in [2.45, 2.75) is 6.54 Å². The van der Waals surface area contributed by atoms with Gasteiger partial charge in [-0.1, -0.05) is 0 Å². The van der Waals surface area contributed by atoms with Crippen molar-refractivity contribution < 1.29 is 18.6 Å². The number of anilines is 1. The minimum absolute atomic E-state index is 0.452. The van der Waals surface area contributed by atoms with Crippen LogP contribution < -0.4 is 9.64 Å². The average molecular weight is 401 g/mol. The SMILES string of the molecule is c1cc(CN=Nc2cc(N3CCOCC3)cc(OCCN3CCOCC3)n2)co1. The lowest BCUT2D eigenvalue weighted by molar-refractivity contribution is 0.0320. The van der Waals surface area contributed by atoms with E-state index in [0.717, 1.165) is 57.2 Å². The molecule has 2 aliphatic heterocycles. The quantitative estimate of drug-likeness (QED) is 0.628. The van der Waals surface area contributed by atoms with Crippen molar-refractivity contribution in [2.75, 3.05) is 70.7 Å². The molecule has 0 aliphatic carbocycles. The maximum Gasteiger partial charge on any atom is 0.217 e. The zero-order chi connectivity index (χ0) is 19.7. The van der Waals surface area contributed by atoms with Crippen LogP contribution in [0.1, 0.15) is 5.56 Å². The Hall–Kier alpha value is -2.49. The number of aromatic nitrogens is 1. The number of furan rings is 1. The van der Waals surface area contributed by atoms with Gasteiger partial charge in [0.05, 0.1) is 45.5 Å². The number of pyridine rings is 1. The van der Waals surface area contributed by atoms with Crippen molar-refractivity contribution in [1.82, 2.24) is 9.88 Å². The maximum absolute atomic E-state index is 5.96. The van der Waals surface area contributed by atoms with Crippen molar-refractivity contribution in [3.05, 3.63) is 36.3 Å². The minimum atomic E-state index is 0.452. The molecule has 0 atom stereocenters. The first-order valence-corrected chi connectivity index (χ1v) is 10.0. The van der Waals surface area contributed by atoms with E-state index in [1.165, 1.54) is 0 Å². The van der Waals surface area contributed by atoms with Crippen molar-refractivity contribution in [3.63, 3.8) is 0 Å². The number of morpholine rings is 2. The Kier molecular flexibility index (Phi) is 7.06. The van der Waals surface area contributed by atoms with Crippen LogP contribution in [-0.2, 0) is 16.0 Å². The molecule has 0 saturated carbocycles. The lowest BCUT2D eigenvalue weighted by atomic mass is 10.3. The topological polar surface area (TPSA) is 84.9 Å². The van der Waals surface area contributed by atoms with Crippen molar-refractivity contribution in [1.29, 1.82) is 0 Å². The van der Waals surface area contributed by atoms with E-state index in [-0.39, 0.29) is 0 Å². The first kappa shape index (κ1) is 19.8. The first-order chi connectivity index (χ1) is 14.4. The standard InChI is InChI=1S/C20H27N5O4/c1-7-28-16-17(1)15-21-23-19-13-18(25-5-10-27-11-6-25)14-20(22-19)29-12-4-24-2-8-26-9-3-24/h1,7,13-14,16H,2-6,8-12,15H2. The molecule has 9 heteroatoms. The second-order valence-electron chi connectivity index (χ2n) is 6.95. The summed E-state index contributed by atoms with van der Waals surface area (Å²) >= 11 is 0. The van der Waals surface area contributed by atoms with Crippen LogP contribution in [0.25, 0.3) is 0 Å². The summed E-state index contributed by atoms with van der Waals surface area (Å²) in [5.74, 6) is 1.11. The zero-order valence-corrected chi connectivity index (χ0v) is 16.5. The molecule has 0 spiro atoms. The summed E-state index contributed by atoms with van der Waals surface area (Å²) in [6, 6.07) is 5.79. The first-order valence-electron chi connectivity index (χ1n) is 10.0. The lowest BCUT2D eigenvalue weighted by Gasteiger charge is -2.29. The smallest absolute Gasteiger partial charge is 0.217 e. The number of ether oxygens (including phenoxy) is 3. The highest BCUT2D eigenvalue weighted by Gasteiger charge is 2.15. The highest BCUT2D eigenvalue weighted by Crippen LogP contribution is 2.26. The summed E-state index contributed by atoms with van der Waals surface area (Å²) in [5, 5.41) is 8.55. The van der Waals surface area contributed by atoms with Gasteiger partial charge in [-0.15, -0.1) is 5.11 Å². The van der Waals surface area contributed by atoms with E-state index in [4.69, 9.17) is 18.6 Å². The van der Waals surface area contributed by atoms with Crippen LogP contribution in [0.15, 0.2) is 45.4 Å². The van der Waals surface area contributed by atoms with Gasteiger partial charge in [0, 0.05) is 56.1 Å². The highest BCUT2D eigenvalue weighted by molar-refractivity contribution is 5.55. The predicted octanol–water partition coefficient (Wildman–Crippen LogP) is 2.51. The fourth-order valence-corrected chi connectivity index (χ4v) is 3.28. The summed E-state index contributed by atoms with van der Waals surface area (Å²) in [6.07, 6.45) is 3.29. The molecule has 2 aromatic rings. The number of hydrogen-bond donors (Lipinski definition) is 0. The molecule has 156 valence electrons. The van der Waals surface area contributed by atoms with Crippen LogP contribution in [0.4, 0.5) is 11.5 Å². The number of nitrogens with zero attached hydrogens (tertiary/aromatic N) is 5. The van der Waals surface area contributed by atoms with Crippen molar-refractivity contribution in [2.24, 2.45) is 10.2 Å². The van der Waals surface area contributed by atoms with Gasteiger partial charge in [-0.3, -0.25) is 4.90 Å². The molecule has 2 aliphatic rings. The predicted molar refractivity (Wildman–Crippen MR) is 107 cm³/mol. The molecule has 0 radical (unpaired) electrons. The Bertz CT molecular complexity index is 771. The fourth-order valence-electron chi connectivity index (χ4n) is 3.28. The van der Waals surface area contributed by atoms with Crippen LogP contribution in [0.2, 0.25) is 0 Å². The Morgan fingerprint density at radius 3 is 2.59 bits per heavy atom. The van der Waals surface area contributed by atoms with E-state index >= 15 is 0 Å². The van der Waals surface area contributed by atoms with Crippen molar-refractivity contribution in [3.8, 4) is 5.88 Å². The van der Waals surface area contributed by atoms with Crippen molar-refractivity contribution >= 4 is 11.5 Å². The molecular weight excluding hydrogens is 374 g/mol. The zero-order valence-electron chi connectivity index (χ0n) is 16.5. The van der Waals surface area contributed by atoms with Gasteiger partial charge in [-0.05, 0) is 6.07 Å². The van der Waals surface area contributed by atoms with Gasteiger partial charge in [0.15, 0.2) is 5.82 Å². The number of rotatable bonds is 8. The summed E-state index contributed by atoms with van der Waals surface area (Å²) in [6.45, 7) is 8.43. The van der Waals surface area contributed by atoms with Gasteiger partial charge in [0.2, 0.25) is 5.88 Å². The summed E-state index contributed by atoms with van der Waals surface area (Å²) in [7, 11) is 0. The molecule has 9 nitrogen and oxygen atoms in total. The van der Waals surface area contributed by atoms with Gasteiger partial charge in [0.25, 0.3) is 0 Å². The molecule has 0 amide bonds. The number of hydrogen-bond acceptors (Lipinski definition) is 9. The van der Waals surface area contributed by atoms with Crippen LogP contribution in [0.5, 0.6) is 5.88 Å². The summed E-state index contributed by atoms with van der Waals surface area (Å²) in [4.78, 5) is 9.12. The molecule has 0 unspecified atom stereocenters. The molecule has 0 bridgehead atoms. The third-order valence-corrected chi connectivity index (χ3v) is 4.92. The average Bonchev–Trinajstić information content (AvgIpc) is 3.29. The Balaban J connectivity index is 1.42. The third-order valence-electron chi connectivity index (χ3n) is 4.92. The van der Waals surface area contributed by atoms with Crippen LogP contribution >= 0.6 is 0 Å². The molecule has 4 rings (SSSR count). The molecule has 2 fully saturated rings. The second-order valence-corrected chi connectivity index (χ2v) is 6.95. The van der Waals surface area contributed by atoms with E-state index in [9.17, 15) is 0 Å². The van der Waals surface area contributed by atoms with Gasteiger partial charge < -0.3 is 23.5 Å². The summed E-state index contributed by atoms with van der Waals surface area (Å²) in [5.41, 5.74) is 2.00. The largest absolute Gasteiger partial charge is 0.476 e. The summed E-state index contributed by atoms with van der Waals surface area (Å²) < 4.78 is 21.9. The van der Waals surface area contributed by atoms with E-state index in [1.807, 2.05) is 18.2 Å². The monoisotopic (exact) mass is 401 g/mol. The van der Waals surface area contributed by atoms with Crippen LogP contribution in [0, 0.1) is 0 Å². The Morgan fingerprint density at radius 1 is 1.03 bits per heavy atom. The lowest BCUT2D eigenvalue weighted by Crippen LogP contribution is -2.38. The fraction of sp³-hybridized carbons (Fsp3) is 0.550. The van der Waals surface area contributed by atoms with Gasteiger partial charge in [-0.25, -0.2) is 0 Å². The normalized spacial score (nSPS) is 18.4. The van der Waals surface area contributed by atoms with Crippen LogP contribution in [0.3, 0.4) is 0 Å². The molecule has 0 aromatic carbocycles. The van der Waals surface area contributed by atoms with E-state index in [1.54, 1.807) is 12.5 Å². The molecular formula is C20H27N5O4. The van der Waals surface area contributed by atoms with Gasteiger partial charge in [-0.2, -0.15) is 10.1 Å². The van der Waals surface area contributed by atoms with E-state index in [0.29, 0.717) is 38.1 Å². The number of azo groups is 1.